The lowest BCUT2D eigenvalue weighted by molar-refractivity contribution is 0.668. The van der Waals surface area contributed by atoms with E-state index in [0.29, 0.717) is 11.3 Å². The molecular formula is C44H27N3O. The van der Waals surface area contributed by atoms with Gasteiger partial charge in [0.05, 0.1) is 44.4 Å². The summed E-state index contributed by atoms with van der Waals surface area (Å²) >= 11 is 0. The van der Waals surface area contributed by atoms with Gasteiger partial charge in [0, 0.05) is 44.4 Å². The van der Waals surface area contributed by atoms with Crippen molar-refractivity contribution in [2.45, 2.75) is 0 Å². The van der Waals surface area contributed by atoms with Crippen LogP contribution in [0.3, 0.4) is 0 Å². The molecule has 0 fully saturated rings. The van der Waals surface area contributed by atoms with Crippen LogP contribution in [-0.2, 0) is 0 Å². The third-order valence-electron chi connectivity index (χ3n) is 8.28. The van der Waals surface area contributed by atoms with Crippen molar-refractivity contribution in [1.82, 2.24) is 14.5 Å². The minimum atomic E-state index is -0.742. The molecule has 0 radical (unpaired) electrons. The minimum Gasteiger partial charge on any atom is -0.456 e. The fraction of sp³-hybridized carbons (Fsp3) is 0. The number of nitrogens with zero attached hydrogens (tertiary/aromatic N) is 3. The molecule has 0 amide bonds. The summed E-state index contributed by atoms with van der Waals surface area (Å²) in [5.41, 5.74) is 1.12. The number of fused-ring (bicyclic) bond motifs is 7. The van der Waals surface area contributed by atoms with Crippen molar-refractivity contribution in [3.8, 4) is 39.3 Å². The maximum atomic E-state index is 9.64. The van der Waals surface area contributed by atoms with Gasteiger partial charge >= 0.3 is 0 Å². The molecule has 224 valence electrons. The van der Waals surface area contributed by atoms with Crippen LogP contribution in [0.25, 0.3) is 93.8 Å². The molecule has 0 unspecified atom stereocenters. The van der Waals surface area contributed by atoms with Crippen LogP contribution in [-0.4, -0.2) is 14.5 Å². The zero-order valence-corrected chi connectivity index (χ0v) is 24.6. The van der Waals surface area contributed by atoms with Crippen molar-refractivity contribution in [3.05, 3.63) is 164 Å². The molecule has 10 rings (SSSR count). The Hall–Kier alpha value is -6.52. The molecular weight excluding hydrogens is 587 g/mol. The molecule has 0 N–H and O–H groups in total. The third-order valence-corrected chi connectivity index (χ3v) is 8.28. The van der Waals surface area contributed by atoms with Crippen LogP contribution in [0.5, 0.6) is 0 Å². The van der Waals surface area contributed by atoms with Crippen molar-refractivity contribution in [2.75, 3.05) is 0 Å². The van der Waals surface area contributed by atoms with Crippen LogP contribution in [0.2, 0.25) is 0 Å². The first-order valence-electron chi connectivity index (χ1n) is 22.9. The first-order chi connectivity index (χ1) is 30.5. The number of hydrogen-bond acceptors (Lipinski definition) is 3. The first kappa shape index (κ1) is 15.4. The van der Waals surface area contributed by atoms with Crippen molar-refractivity contribution in [2.24, 2.45) is 0 Å². The predicted octanol–water partition coefficient (Wildman–Crippen LogP) is 11.6. The van der Waals surface area contributed by atoms with E-state index in [-0.39, 0.29) is 43.8 Å². The van der Waals surface area contributed by atoms with E-state index >= 15 is 0 Å². The van der Waals surface area contributed by atoms with Gasteiger partial charge in [0.2, 0.25) is 0 Å². The van der Waals surface area contributed by atoms with Crippen molar-refractivity contribution >= 4 is 54.5 Å². The summed E-state index contributed by atoms with van der Waals surface area (Å²) in [6, 6.07) is 8.53. The summed E-state index contributed by atoms with van der Waals surface area (Å²) in [5.74, 6) is 0. The highest BCUT2D eigenvalue weighted by Gasteiger charge is 2.18. The highest BCUT2D eigenvalue weighted by Crippen LogP contribution is 2.40. The Kier molecular flexibility index (Phi) is 3.37. The summed E-state index contributed by atoms with van der Waals surface area (Å²) in [6.07, 6.45) is 1.26. The van der Waals surface area contributed by atoms with Gasteiger partial charge in [-0.3, -0.25) is 0 Å². The van der Waals surface area contributed by atoms with E-state index in [0.717, 1.165) is 15.7 Å². The number of hydrogen-bond donors (Lipinski definition) is 0. The smallest absolute Gasteiger partial charge is 0.137 e. The zero-order valence-electron chi connectivity index (χ0n) is 40.6. The van der Waals surface area contributed by atoms with Gasteiger partial charge in [-0.1, -0.05) is 109 Å². The van der Waals surface area contributed by atoms with Crippen LogP contribution >= 0.6 is 0 Å². The number of aromatic nitrogens is 3. The summed E-state index contributed by atoms with van der Waals surface area (Å²) < 4.78 is 150. The summed E-state index contributed by atoms with van der Waals surface area (Å²) in [4.78, 5) is 8.88. The molecule has 0 aliphatic heterocycles. The summed E-state index contributed by atoms with van der Waals surface area (Å²) in [7, 11) is 0. The fourth-order valence-electron chi connectivity index (χ4n) is 6.06. The molecule has 3 aromatic heterocycles. The van der Waals surface area contributed by atoms with E-state index in [2.05, 4.69) is 9.97 Å². The van der Waals surface area contributed by atoms with Crippen LogP contribution in [0, 0.1) is 0 Å². The van der Waals surface area contributed by atoms with Crippen molar-refractivity contribution in [3.63, 3.8) is 0 Å². The Labute approximate surface area is 298 Å². The van der Waals surface area contributed by atoms with Gasteiger partial charge in [-0.15, -0.1) is 0 Å². The third kappa shape index (κ3) is 4.16. The minimum absolute atomic E-state index is 0.0433. The quantitative estimate of drug-likeness (QED) is 0.195. The van der Waals surface area contributed by atoms with E-state index in [1.54, 1.807) is 6.07 Å². The standard InChI is InChI=1S/C44H27N3O/c1-2-9-28(10-3-1)29-17-19-30(20-18-29)38-26-39(46-27-45-38)35-14-8-16-42-44(35)36-22-21-33(25-43(36)48-42)47-40-15-7-6-13-34(40)37-23-31-11-4-5-12-32(31)24-41(37)47/h1-27H/i4D,5D,6D,7D,8D,11D,12D,13D,14D,15D,16D,21D,22D,23D,24D,25D. The van der Waals surface area contributed by atoms with Crippen LogP contribution in [0.1, 0.15) is 21.9 Å². The Morgan fingerprint density at radius 2 is 1.29 bits per heavy atom. The number of para-hydroxylation sites is 1. The van der Waals surface area contributed by atoms with Gasteiger partial charge in [0.1, 0.15) is 17.5 Å². The maximum Gasteiger partial charge on any atom is 0.137 e. The second-order valence-electron chi connectivity index (χ2n) is 11.0. The number of furan rings is 1. The van der Waals surface area contributed by atoms with E-state index in [4.69, 9.17) is 19.5 Å². The molecule has 48 heavy (non-hydrogen) atoms. The second kappa shape index (κ2) is 10.5. The lowest BCUT2D eigenvalue weighted by Crippen LogP contribution is -1.93. The van der Waals surface area contributed by atoms with Gasteiger partial charge < -0.3 is 8.98 Å². The zero-order chi connectivity index (χ0) is 45.5. The SMILES string of the molecule is [2H]c1c([2H])c(-c2cc(-c3ccc(-c4ccccc4)cc3)ncn2)c2c(oc3c([2H])c(-n4c5c([2H])c([2H])c([2H])c([2H])c5c5c([2H])c6c([2H])c([2H])c([2H])c([2H])c6c([2H])c54)c([2H])c([2H])c32)c1[2H]. The summed E-state index contributed by atoms with van der Waals surface area (Å²) in [5, 5.41) is -1.71. The Morgan fingerprint density at radius 1 is 0.542 bits per heavy atom. The highest BCUT2D eigenvalue weighted by molar-refractivity contribution is 6.15. The van der Waals surface area contributed by atoms with Crippen molar-refractivity contribution < 1.29 is 26.3 Å². The Balaban J connectivity index is 1.30. The van der Waals surface area contributed by atoms with Gasteiger partial charge in [0.25, 0.3) is 0 Å². The largest absolute Gasteiger partial charge is 0.456 e. The Bertz CT molecular complexity index is 3740. The van der Waals surface area contributed by atoms with Crippen molar-refractivity contribution in [1.29, 1.82) is 0 Å². The molecule has 3 heterocycles. The maximum absolute atomic E-state index is 9.64. The van der Waals surface area contributed by atoms with Gasteiger partial charge in [0.15, 0.2) is 0 Å². The number of rotatable bonds is 4. The molecule has 0 atom stereocenters. The molecule has 0 spiro atoms. The van der Waals surface area contributed by atoms with E-state index in [1.807, 2.05) is 54.6 Å². The molecule has 4 heteroatoms. The van der Waals surface area contributed by atoms with Gasteiger partial charge in [-0.05, 0) is 64.2 Å². The second-order valence-corrected chi connectivity index (χ2v) is 11.0. The normalized spacial score (nSPS) is 16.4. The lowest BCUT2D eigenvalue weighted by atomic mass is 10.0. The number of benzene rings is 7. The molecule has 0 saturated heterocycles. The van der Waals surface area contributed by atoms with E-state index < -0.39 is 124 Å². The molecule has 7 aromatic carbocycles. The van der Waals surface area contributed by atoms with Gasteiger partial charge in [-0.25, -0.2) is 9.97 Å². The molecule has 0 aliphatic carbocycles. The van der Waals surface area contributed by atoms with Crippen LogP contribution in [0.4, 0.5) is 0 Å². The molecule has 0 saturated carbocycles. The topological polar surface area (TPSA) is 43.9 Å². The van der Waals surface area contributed by atoms with E-state index in [1.165, 1.54) is 6.33 Å². The fourth-order valence-corrected chi connectivity index (χ4v) is 6.06. The average Bonchev–Trinajstić information content (AvgIpc) is 3.87. The molecule has 0 aliphatic rings. The average molecular weight is 630 g/mol. The lowest BCUT2D eigenvalue weighted by Gasteiger charge is -2.09. The summed E-state index contributed by atoms with van der Waals surface area (Å²) in [6.45, 7) is 0. The Morgan fingerprint density at radius 3 is 2.17 bits per heavy atom. The molecule has 0 bridgehead atoms. The predicted molar refractivity (Wildman–Crippen MR) is 197 cm³/mol. The first-order valence-corrected chi connectivity index (χ1v) is 14.9. The monoisotopic (exact) mass is 629 g/mol. The van der Waals surface area contributed by atoms with E-state index in [9.17, 15) is 6.85 Å². The van der Waals surface area contributed by atoms with Crippen LogP contribution < -0.4 is 0 Å². The van der Waals surface area contributed by atoms with Crippen LogP contribution in [0.15, 0.2) is 168 Å². The van der Waals surface area contributed by atoms with Gasteiger partial charge in [-0.2, -0.15) is 0 Å². The molecule has 4 nitrogen and oxygen atoms in total. The molecule has 10 aromatic rings. The highest BCUT2D eigenvalue weighted by atomic mass is 16.3.